The zero-order valence-corrected chi connectivity index (χ0v) is 8.40. The summed E-state index contributed by atoms with van der Waals surface area (Å²) in [5.41, 5.74) is -0.427. The molecule has 2 fully saturated rings. The van der Waals surface area contributed by atoms with Gasteiger partial charge in [-0.1, -0.05) is 0 Å². The standard InChI is InChI=1S/C10H12N2O3/c1-12-8(7-3-2-4-14-7)10(5-11-6-10)15-9(12)13/h2-4,8,11H,5-6H2,1H3. The number of likely N-dealkylation sites (N-methyl/N-ethyl adjacent to an activating group) is 1. The molecule has 0 bridgehead atoms. The molecule has 1 aromatic rings. The molecule has 1 unspecified atom stereocenters. The molecule has 0 aromatic carbocycles. The van der Waals surface area contributed by atoms with Crippen LogP contribution >= 0.6 is 0 Å². The number of rotatable bonds is 1. The van der Waals surface area contributed by atoms with Crippen LogP contribution in [0.5, 0.6) is 0 Å². The molecule has 0 radical (unpaired) electrons. The molecule has 15 heavy (non-hydrogen) atoms. The molecule has 0 saturated carbocycles. The first-order valence-electron chi connectivity index (χ1n) is 4.93. The van der Waals surface area contributed by atoms with E-state index in [-0.39, 0.29) is 12.1 Å². The highest BCUT2D eigenvalue weighted by atomic mass is 16.6. The molecule has 80 valence electrons. The Kier molecular flexibility index (Phi) is 1.62. The van der Waals surface area contributed by atoms with Crippen LogP contribution in [0, 0.1) is 0 Å². The van der Waals surface area contributed by atoms with Crippen LogP contribution in [-0.2, 0) is 4.74 Å². The average molecular weight is 208 g/mol. The molecule has 1 amide bonds. The van der Waals surface area contributed by atoms with Gasteiger partial charge in [0.15, 0.2) is 5.60 Å². The molecule has 5 nitrogen and oxygen atoms in total. The molecule has 5 heteroatoms. The van der Waals surface area contributed by atoms with Crippen molar-refractivity contribution < 1.29 is 13.9 Å². The van der Waals surface area contributed by atoms with Gasteiger partial charge in [-0.3, -0.25) is 4.90 Å². The van der Waals surface area contributed by atoms with Gasteiger partial charge in [-0.2, -0.15) is 0 Å². The van der Waals surface area contributed by atoms with Crippen LogP contribution in [0.15, 0.2) is 22.8 Å². The van der Waals surface area contributed by atoms with Crippen LogP contribution in [0.4, 0.5) is 4.79 Å². The van der Waals surface area contributed by atoms with Crippen LogP contribution in [-0.4, -0.2) is 36.7 Å². The number of nitrogens with zero attached hydrogens (tertiary/aromatic N) is 1. The third-order valence-corrected chi connectivity index (χ3v) is 3.13. The van der Waals surface area contributed by atoms with Gasteiger partial charge in [-0.25, -0.2) is 4.79 Å². The zero-order valence-electron chi connectivity index (χ0n) is 8.40. The lowest BCUT2D eigenvalue weighted by atomic mass is 9.86. The van der Waals surface area contributed by atoms with Gasteiger partial charge in [-0.05, 0) is 12.1 Å². The van der Waals surface area contributed by atoms with Crippen LogP contribution in [0.2, 0.25) is 0 Å². The van der Waals surface area contributed by atoms with E-state index in [0.717, 1.165) is 5.76 Å². The van der Waals surface area contributed by atoms with Crippen LogP contribution in [0.3, 0.4) is 0 Å². The average Bonchev–Trinajstić information content (AvgIpc) is 2.72. The Bertz CT molecular complexity index is 383. The molecule has 1 N–H and O–H groups in total. The Morgan fingerprint density at radius 3 is 2.93 bits per heavy atom. The smallest absolute Gasteiger partial charge is 0.411 e. The van der Waals surface area contributed by atoms with E-state index in [1.54, 1.807) is 18.2 Å². The third-order valence-electron chi connectivity index (χ3n) is 3.13. The van der Waals surface area contributed by atoms with Crippen molar-refractivity contribution in [2.45, 2.75) is 11.6 Å². The number of hydrogen-bond donors (Lipinski definition) is 1. The molecular formula is C10H12N2O3. The molecule has 3 rings (SSSR count). The number of amides is 1. The molecule has 1 spiro atoms. The number of carbonyl (C=O) groups excluding carboxylic acids is 1. The summed E-state index contributed by atoms with van der Waals surface area (Å²) in [6.45, 7) is 1.38. The largest absolute Gasteiger partial charge is 0.467 e. The van der Waals surface area contributed by atoms with Crippen LogP contribution in [0.1, 0.15) is 11.8 Å². The summed E-state index contributed by atoms with van der Waals surface area (Å²) >= 11 is 0. The number of nitrogens with one attached hydrogen (secondary N) is 1. The van der Waals surface area contributed by atoms with Gasteiger partial charge in [-0.15, -0.1) is 0 Å². The molecule has 1 aromatic heterocycles. The lowest BCUT2D eigenvalue weighted by molar-refractivity contribution is -0.0158. The van der Waals surface area contributed by atoms with Crippen molar-refractivity contribution in [2.75, 3.05) is 20.1 Å². The second-order valence-electron chi connectivity index (χ2n) is 4.07. The Morgan fingerprint density at radius 2 is 2.40 bits per heavy atom. The highest BCUT2D eigenvalue weighted by Gasteiger charge is 2.58. The summed E-state index contributed by atoms with van der Waals surface area (Å²) in [5.74, 6) is 0.782. The summed E-state index contributed by atoms with van der Waals surface area (Å²) in [6.07, 6.45) is 1.34. The molecule has 1 atom stereocenters. The summed E-state index contributed by atoms with van der Waals surface area (Å²) in [4.78, 5) is 13.1. The minimum Gasteiger partial charge on any atom is -0.467 e. The lowest BCUT2D eigenvalue weighted by Gasteiger charge is -2.40. The Hall–Kier alpha value is -1.49. The minimum atomic E-state index is -0.427. The maximum Gasteiger partial charge on any atom is 0.411 e. The first-order valence-corrected chi connectivity index (χ1v) is 4.93. The fourth-order valence-corrected chi connectivity index (χ4v) is 2.29. The fraction of sp³-hybridized carbons (Fsp3) is 0.500. The first-order chi connectivity index (χ1) is 7.23. The van der Waals surface area contributed by atoms with Crippen molar-refractivity contribution in [3.8, 4) is 0 Å². The summed E-state index contributed by atoms with van der Waals surface area (Å²) < 4.78 is 10.8. The molecule has 2 aliphatic heterocycles. The lowest BCUT2D eigenvalue weighted by Crippen LogP contribution is -2.62. The van der Waals surface area contributed by atoms with Crippen LogP contribution < -0.4 is 5.32 Å². The molecular weight excluding hydrogens is 196 g/mol. The first kappa shape index (κ1) is 8.79. The van der Waals surface area contributed by atoms with Crippen molar-refractivity contribution in [3.05, 3.63) is 24.2 Å². The number of carbonyl (C=O) groups is 1. The predicted molar refractivity (Wildman–Crippen MR) is 51.3 cm³/mol. The van der Waals surface area contributed by atoms with E-state index in [1.807, 2.05) is 12.1 Å². The van der Waals surface area contributed by atoms with E-state index in [0.29, 0.717) is 13.1 Å². The molecule has 2 aliphatic rings. The van der Waals surface area contributed by atoms with Gasteiger partial charge < -0.3 is 14.5 Å². The second-order valence-corrected chi connectivity index (χ2v) is 4.07. The third kappa shape index (κ3) is 1.04. The highest BCUT2D eigenvalue weighted by molar-refractivity contribution is 5.72. The number of hydrogen-bond acceptors (Lipinski definition) is 4. The topological polar surface area (TPSA) is 54.7 Å². The Labute approximate surface area is 87.0 Å². The van der Waals surface area contributed by atoms with Gasteiger partial charge in [0.1, 0.15) is 11.8 Å². The Balaban J connectivity index is 2.00. The monoisotopic (exact) mass is 208 g/mol. The van der Waals surface area contributed by atoms with E-state index in [1.165, 1.54) is 0 Å². The number of furan rings is 1. The van der Waals surface area contributed by atoms with Gasteiger partial charge in [0, 0.05) is 20.1 Å². The van der Waals surface area contributed by atoms with Gasteiger partial charge >= 0.3 is 6.09 Å². The predicted octanol–water partition coefficient (Wildman–Crippen LogP) is 0.745. The maximum atomic E-state index is 11.5. The Morgan fingerprint density at radius 1 is 1.60 bits per heavy atom. The highest BCUT2D eigenvalue weighted by Crippen LogP contribution is 2.42. The maximum absolute atomic E-state index is 11.5. The molecule has 3 heterocycles. The van der Waals surface area contributed by atoms with Gasteiger partial charge in [0.25, 0.3) is 0 Å². The van der Waals surface area contributed by atoms with Crippen molar-refractivity contribution in [1.29, 1.82) is 0 Å². The van der Waals surface area contributed by atoms with E-state index in [4.69, 9.17) is 9.15 Å². The normalized spacial score (nSPS) is 27.9. The summed E-state index contributed by atoms with van der Waals surface area (Å²) in [7, 11) is 1.74. The second kappa shape index (κ2) is 2.76. The molecule has 2 saturated heterocycles. The van der Waals surface area contributed by atoms with Crippen molar-refractivity contribution in [1.82, 2.24) is 10.2 Å². The van der Waals surface area contributed by atoms with Gasteiger partial charge in [0.2, 0.25) is 0 Å². The fourth-order valence-electron chi connectivity index (χ4n) is 2.29. The van der Waals surface area contributed by atoms with Crippen LogP contribution in [0.25, 0.3) is 0 Å². The van der Waals surface area contributed by atoms with Crippen molar-refractivity contribution >= 4 is 6.09 Å². The summed E-state index contributed by atoms with van der Waals surface area (Å²) in [6, 6.07) is 3.59. The van der Waals surface area contributed by atoms with E-state index < -0.39 is 5.60 Å². The van der Waals surface area contributed by atoms with E-state index >= 15 is 0 Å². The van der Waals surface area contributed by atoms with E-state index in [2.05, 4.69) is 5.32 Å². The SMILES string of the molecule is CN1C(=O)OC2(CNC2)C1c1ccco1. The zero-order chi connectivity index (χ0) is 10.5. The van der Waals surface area contributed by atoms with Crippen molar-refractivity contribution in [2.24, 2.45) is 0 Å². The van der Waals surface area contributed by atoms with Crippen molar-refractivity contribution in [3.63, 3.8) is 0 Å². The van der Waals surface area contributed by atoms with Gasteiger partial charge in [0.05, 0.1) is 6.26 Å². The quantitative estimate of drug-likeness (QED) is 0.739. The minimum absolute atomic E-state index is 0.110. The molecule has 0 aliphatic carbocycles. The number of ether oxygens (including phenoxy) is 1. The van der Waals surface area contributed by atoms with E-state index in [9.17, 15) is 4.79 Å². The summed E-state index contributed by atoms with van der Waals surface area (Å²) in [5, 5.41) is 3.13.